The van der Waals surface area contributed by atoms with E-state index in [1.54, 1.807) is 0 Å². The van der Waals surface area contributed by atoms with Crippen LogP contribution in [0, 0.1) is 12.8 Å². The lowest BCUT2D eigenvalue weighted by Gasteiger charge is -2.30. The zero-order valence-corrected chi connectivity index (χ0v) is 11.9. The second kappa shape index (κ2) is 6.71. The molecule has 19 heavy (non-hydrogen) atoms. The Morgan fingerprint density at radius 1 is 1.42 bits per heavy atom. The highest BCUT2D eigenvalue weighted by atomic mass is 16.1. The fourth-order valence-electron chi connectivity index (χ4n) is 2.60. The summed E-state index contributed by atoms with van der Waals surface area (Å²) in [6.45, 7) is 6.28. The van der Waals surface area contributed by atoms with Crippen LogP contribution in [-0.4, -0.2) is 25.0 Å². The molecule has 0 aromatic heterocycles. The molecule has 1 saturated heterocycles. The maximum Gasteiger partial charge on any atom is 0.220 e. The molecule has 2 atom stereocenters. The second-order valence-electron chi connectivity index (χ2n) is 5.57. The Balaban J connectivity index is 1.80. The molecule has 2 unspecified atom stereocenters. The van der Waals surface area contributed by atoms with Crippen molar-refractivity contribution in [1.82, 2.24) is 10.6 Å². The highest BCUT2D eigenvalue weighted by Gasteiger charge is 2.22. The molecule has 0 aliphatic carbocycles. The Kier molecular flexibility index (Phi) is 4.97. The monoisotopic (exact) mass is 260 g/mol. The first-order valence-corrected chi connectivity index (χ1v) is 7.21. The van der Waals surface area contributed by atoms with Gasteiger partial charge in [0.2, 0.25) is 5.91 Å². The van der Waals surface area contributed by atoms with Crippen LogP contribution in [0.1, 0.15) is 30.9 Å². The van der Waals surface area contributed by atoms with Crippen molar-refractivity contribution in [2.45, 2.75) is 39.2 Å². The van der Waals surface area contributed by atoms with E-state index >= 15 is 0 Å². The average molecular weight is 260 g/mol. The fraction of sp³-hybridized carbons (Fsp3) is 0.562. The minimum absolute atomic E-state index is 0.170. The molecule has 1 fully saturated rings. The Labute approximate surface area is 115 Å². The smallest absolute Gasteiger partial charge is 0.220 e. The Morgan fingerprint density at radius 2 is 2.21 bits per heavy atom. The van der Waals surface area contributed by atoms with Crippen molar-refractivity contribution < 1.29 is 4.79 Å². The third kappa shape index (κ3) is 4.06. The summed E-state index contributed by atoms with van der Waals surface area (Å²) in [5, 5.41) is 6.50. The van der Waals surface area contributed by atoms with E-state index in [9.17, 15) is 4.79 Å². The number of hydrogen-bond acceptors (Lipinski definition) is 2. The number of carbonyl (C=O) groups excluding carboxylic acids is 1. The third-order valence-electron chi connectivity index (χ3n) is 4.06. The van der Waals surface area contributed by atoms with E-state index in [2.05, 4.69) is 36.6 Å². The topological polar surface area (TPSA) is 41.1 Å². The maximum atomic E-state index is 12.0. The van der Waals surface area contributed by atoms with Crippen LogP contribution < -0.4 is 10.6 Å². The molecule has 0 saturated carbocycles. The van der Waals surface area contributed by atoms with Gasteiger partial charge in [0.25, 0.3) is 0 Å². The van der Waals surface area contributed by atoms with Gasteiger partial charge in [-0.25, -0.2) is 0 Å². The Bertz CT molecular complexity index is 431. The standard InChI is InChI=1S/C16H24N2O/c1-12-5-3-4-6-14(12)7-8-16(19)18-15-11-17-10-9-13(15)2/h3-6,13,15,17H,7-11H2,1-2H3,(H,18,19). The third-order valence-corrected chi connectivity index (χ3v) is 4.06. The van der Waals surface area contributed by atoms with Crippen LogP contribution in [0.2, 0.25) is 0 Å². The van der Waals surface area contributed by atoms with Gasteiger partial charge in [0.05, 0.1) is 0 Å². The average Bonchev–Trinajstić information content (AvgIpc) is 2.40. The molecule has 3 nitrogen and oxygen atoms in total. The summed E-state index contributed by atoms with van der Waals surface area (Å²) in [5.41, 5.74) is 2.54. The number of hydrogen-bond donors (Lipinski definition) is 2. The minimum atomic E-state index is 0.170. The van der Waals surface area contributed by atoms with Gasteiger partial charge < -0.3 is 10.6 Å². The van der Waals surface area contributed by atoms with Crippen LogP contribution in [0.5, 0.6) is 0 Å². The molecule has 2 N–H and O–H groups in total. The van der Waals surface area contributed by atoms with Crippen LogP contribution in [0.25, 0.3) is 0 Å². The number of carbonyl (C=O) groups is 1. The van der Waals surface area contributed by atoms with Crippen LogP contribution in [0.4, 0.5) is 0 Å². The second-order valence-corrected chi connectivity index (χ2v) is 5.57. The predicted molar refractivity (Wildman–Crippen MR) is 78.1 cm³/mol. The molecule has 1 amide bonds. The lowest BCUT2D eigenvalue weighted by Crippen LogP contribution is -2.50. The lowest BCUT2D eigenvalue weighted by molar-refractivity contribution is -0.122. The van der Waals surface area contributed by atoms with Gasteiger partial charge in [-0.2, -0.15) is 0 Å². The van der Waals surface area contributed by atoms with Crippen LogP contribution in [-0.2, 0) is 11.2 Å². The van der Waals surface area contributed by atoms with E-state index in [0.29, 0.717) is 12.3 Å². The SMILES string of the molecule is Cc1ccccc1CCC(=O)NC1CNCCC1C. The molecule has 2 rings (SSSR count). The van der Waals surface area contributed by atoms with E-state index in [1.165, 1.54) is 11.1 Å². The van der Waals surface area contributed by atoms with Crippen LogP contribution in [0.3, 0.4) is 0 Å². The molecule has 0 radical (unpaired) electrons. The molecule has 1 aromatic carbocycles. The van der Waals surface area contributed by atoms with Gasteiger partial charge in [0.1, 0.15) is 0 Å². The van der Waals surface area contributed by atoms with Crippen LogP contribution in [0.15, 0.2) is 24.3 Å². The number of amides is 1. The largest absolute Gasteiger partial charge is 0.352 e. The normalized spacial score (nSPS) is 23.1. The summed E-state index contributed by atoms with van der Waals surface area (Å²) < 4.78 is 0. The van der Waals surface area contributed by atoms with Gasteiger partial charge in [0.15, 0.2) is 0 Å². The molecule has 1 aromatic rings. The first kappa shape index (κ1) is 14.1. The molecule has 0 bridgehead atoms. The van der Waals surface area contributed by atoms with Crippen molar-refractivity contribution in [2.75, 3.05) is 13.1 Å². The highest BCUT2D eigenvalue weighted by molar-refractivity contribution is 5.76. The number of piperidine rings is 1. The summed E-state index contributed by atoms with van der Waals surface area (Å²) in [7, 11) is 0. The summed E-state index contributed by atoms with van der Waals surface area (Å²) in [5.74, 6) is 0.743. The Hall–Kier alpha value is -1.35. The van der Waals surface area contributed by atoms with Gasteiger partial charge in [-0.15, -0.1) is 0 Å². The van der Waals surface area contributed by atoms with Gasteiger partial charge in [-0.3, -0.25) is 4.79 Å². The summed E-state index contributed by atoms with van der Waals surface area (Å²) in [6.07, 6.45) is 2.55. The molecular weight excluding hydrogens is 236 g/mol. The van der Waals surface area contributed by atoms with E-state index < -0.39 is 0 Å². The molecule has 104 valence electrons. The van der Waals surface area contributed by atoms with Crippen molar-refractivity contribution in [3.63, 3.8) is 0 Å². The van der Waals surface area contributed by atoms with Crippen molar-refractivity contribution in [3.05, 3.63) is 35.4 Å². The first-order valence-electron chi connectivity index (χ1n) is 7.21. The zero-order chi connectivity index (χ0) is 13.7. The quantitative estimate of drug-likeness (QED) is 0.870. The van der Waals surface area contributed by atoms with Crippen LogP contribution >= 0.6 is 0 Å². The highest BCUT2D eigenvalue weighted by Crippen LogP contribution is 2.12. The van der Waals surface area contributed by atoms with Gasteiger partial charge >= 0.3 is 0 Å². The van der Waals surface area contributed by atoms with Crippen molar-refractivity contribution >= 4 is 5.91 Å². The first-order chi connectivity index (χ1) is 9.16. The maximum absolute atomic E-state index is 12.0. The van der Waals surface area contributed by atoms with E-state index in [1.807, 2.05) is 12.1 Å². The zero-order valence-electron chi connectivity index (χ0n) is 11.9. The number of rotatable bonds is 4. The number of nitrogens with one attached hydrogen (secondary N) is 2. The summed E-state index contributed by atoms with van der Waals surface area (Å²) in [6, 6.07) is 8.56. The number of aryl methyl sites for hydroxylation is 2. The summed E-state index contributed by atoms with van der Waals surface area (Å²) >= 11 is 0. The Morgan fingerprint density at radius 3 is 2.95 bits per heavy atom. The van der Waals surface area contributed by atoms with Gasteiger partial charge in [0, 0.05) is 19.0 Å². The van der Waals surface area contributed by atoms with Gasteiger partial charge in [-0.05, 0) is 43.4 Å². The molecule has 1 aliphatic rings. The molecule has 0 spiro atoms. The molecule has 1 heterocycles. The fourth-order valence-corrected chi connectivity index (χ4v) is 2.60. The van der Waals surface area contributed by atoms with E-state index in [-0.39, 0.29) is 11.9 Å². The molecule has 3 heteroatoms. The van der Waals surface area contributed by atoms with E-state index in [4.69, 9.17) is 0 Å². The lowest BCUT2D eigenvalue weighted by atomic mass is 9.94. The van der Waals surface area contributed by atoms with Crippen molar-refractivity contribution in [1.29, 1.82) is 0 Å². The number of benzene rings is 1. The minimum Gasteiger partial charge on any atom is -0.352 e. The molecule has 1 aliphatic heterocycles. The summed E-state index contributed by atoms with van der Waals surface area (Å²) in [4.78, 5) is 12.0. The van der Waals surface area contributed by atoms with E-state index in [0.717, 1.165) is 25.9 Å². The van der Waals surface area contributed by atoms with Gasteiger partial charge in [-0.1, -0.05) is 31.2 Å². The van der Waals surface area contributed by atoms with Crippen molar-refractivity contribution in [2.24, 2.45) is 5.92 Å². The predicted octanol–water partition coefficient (Wildman–Crippen LogP) is 2.04. The molecular formula is C16H24N2O. The van der Waals surface area contributed by atoms with Crippen molar-refractivity contribution in [3.8, 4) is 0 Å².